The predicted molar refractivity (Wildman–Crippen MR) is 115 cm³/mol. The summed E-state index contributed by atoms with van der Waals surface area (Å²) in [5.74, 6) is -0.181. The quantitative estimate of drug-likeness (QED) is 0.621. The molecular formula is C20H21BrN6O2. The topological polar surface area (TPSA) is 94.2 Å². The number of anilines is 1. The van der Waals surface area contributed by atoms with Crippen molar-refractivity contribution in [2.45, 2.75) is 6.54 Å². The number of hydrogen-bond acceptors (Lipinski definition) is 6. The lowest BCUT2D eigenvalue weighted by Crippen LogP contribution is -2.46. The third-order valence-corrected chi connectivity index (χ3v) is 5.64. The molecule has 1 fully saturated rings. The molecule has 0 aliphatic carbocycles. The maximum atomic E-state index is 11.8. The van der Waals surface area contributed by atoms with Gasteiger partial charge in [0, 0.05) is 46.0 Å². The summed E-state index contributed by atoms with van der Waals surface area (Å²) in [6.45, 7) is 4.36. The second-order valence-corrected chi connectivity index (χ2v) is 7.82. The number of aromatic amines is 1. The lowest BCUT2D eigenvalue weighted by molar-refractivity contribution is 0.0958. The van der Waals surface area contributed by atoms with Crippen LogP contribution in [-0.2, 0) is 6.54 Å². The number of nitrogens with one attached hydrogen (secondary N) is 2. The molecule has 0 aromatic carbocycles. The molecule has 1 amide bonds. The largest absolute Gasteiger partial charge is 0.368 e. The molecule has 0 spiro atoms. The van der Waals surface area contributed by atoms with Crippen molar-refractivity contribution in [3.8, 4) is 0 Å². The highest BCUT2D eigenvalue weighted by molar-refractivity contribution is 9.10. The average molecular weight is 457 g/mol. The fourth-order valence-electron chi connectivity index (χ4n) is 3.45. The van der Waals surface area contributed by atoms with Gasteiger partial charge < -0.3 is 15.2 Å². The van der Waals surface area contributed by atoms with E-state index in [4.69, 9.17) is 0 Å². The molecule has 4 rings (SSSR count). The molecule has 150 valence electrons. The number of halogens is 1. The summed E-state index contributed by atoms with van der Waals surface area (Å²) in [7, 11) is 1.60. The number of pyridine rings is 3. The molecule has 2 N–H and O–H groups in total. The van der Waals surface area contributed by atoms with Crippen molar-refractivity contribution in [3.05, 3.63) is 62.7 Å². The minimum absolute atomic E-state index is 0.152. The first kappa shape index (κ1) is 19.5. The molecule has 0 unspecified atom stereocenters. The maximum Gasteiger partial charge on any atom is 0.269 e. The highest BCUT2D eigenvalue weighted by Gasteiger charge is 2.18. The van der Waals surface area contributed by atoms with Crippen LogP contribution in [0.25, 0.3) is 11.0 Å². The van der Waals surface area contributed by atoms with Gasteiger partial charge >= 0.3 is 0 Å². The van der Waals surface area contributed by atoms with Crippen LogP contribution in [-0.4, -0.2) is 59.0 Å². The Kier molecular flexibility index (Phi) is 5.59. The van der Waals surface area contributed by atoms with E-state index in [0.29, 0.717) is 10.2 Å². The van der Waals surface area contributed by atoms with E-state index in [1.54, 1.807) is 25.4 Å². The van der Waals surface area contributed by atoms with Crippen LogP contribution in [0.3, 0.4) is 0 Å². The van der Waals surface area contributed by atoms with Gasteiger partial charge in [0.15, 0.2) is 0 Å². The van der Waals surface area contributed by atoms with Crippen molar-refractivity contribution in [1.29, 1.82) is 0 Å². The van der Waals surface area contributed by atoms with E-state index in [1.165, 1.54) is 0 Å². The summed E-state index contributed by atoms with van der Waals surface area (Å²) in [5.41, 5.74) is 3.87. The number of fused-ring (bicyclic) bond motifs is 1. The Morgan fingerprint density at radius 2 is 1.97 bits per heavy atom. The Balaban J connectivity index is 1.38. The molecule has 8 nitrogen and oxygen atoms in total. The lowest BCUT2D eigenvalue weighted by atomic mass is 10.2. The third kappa shape index (κ3) is 4.30. The third-order valence-electron chi connectivity index (χ3n) is 5.05. The monoisotopic (exact) mass is 456 g/mol. The predicted octanol–water partition coefficient (Wildman–Crippen LogP) is 1.76. The van der Waals surface area contributed by atoms with E-state index in [1.807, 2.05) is 18.3 Å². The zero-order chi connectivity index (χ0) is 20.4. The molecule has 1 aliphatic heterocycles. The summed E-state index contributed by atoms with van der Waals surface area (Å²) >= 11 is 3.23. The van der Waals surface area contributed by atoms with Crippen LogP contribution in [0, 0.1) is 0 Å². The fourth-order valence-corrected chi connectivity index (χ4v) is 3.76. The normalized spacial score (nSPS) is 14.9. The average Bonchev–Trinajstić information content (AvgIpc) is 2.75. The molecule has 0 saturated carbocycles. The van der Waals surface area contributed by atoms with Gasteiger partial charge in [-0.2, -0.15) is 0 Å². The summed E-state index contributed by atoms with van der Waals surface area (Å²) in [6.07, 6.45) is 3.61. The molecule has 4 heterocycles. The SMILES string of the molecule is CNC(=O)c1ccc(N2CCN(Cc3cnc4cc(Br)c(=O)[nH]c4c3)CC2)cn1. The van der Waals surface area contributed by atoms with Crippen molar-refractivity contribution < 1.29 is 4.79 Å². The number of amides is 1. The van der Waals surface area contributed by atoms with E-state index in [0.717, 1.165) is 55.0 Å². The van der Waals surface area contributed by atoms with Crippen LogP contribution in [0.1, 0.15) is 16.1 Å². The Bertz CT molecular complexity index is 1090. The van der Waals surface area contributed by atoms with Crippen molar-refractivity contribution in [2.75, 3.05) is 38.1 Å². The van der Waals surface area contributed by atoms with E-state index in [-0.39, 0.29) is 11.5 Å². The van der Waals surface area contributed by atoms with Crippen molar-refractivity contribution in [3.63, 3.8) is 0 Å². The number of rotatable bonds is 4. The summed E-state index contributed by atoms with van der Waals surface area (Å²) < 4.78 is 0.485. The van der Waals surface area contributed by atoms with Gasteiger partial charge in [-0.25, -0.2) is 4.98 Å². The number of nitrogens with zero attached hydrogens (tertiary/aromatic N) is 4. The Hall–Kier alpha value is -2.78. The van der Waals surface area contributed by atoms with Crippen molar-refractivity contribution >= 4 is 38.6 Å². The zero-order valence-electron chi connectivity index (χ0n) is 16.0. The van der Waals surface area contributed by atoms with E-state index < -0.39 is 0 Å². The molecule has 0 atom stereocenters. The van der Waals surface area contributed by atoms with Crippen LogP contribution in [0.2, 0.25) is 0 Å². The van der Waals surface area contributed by atoms with Crippen molar-refractivity contribution in [2.24, 2.45) is 0 Å². The minimum Gasteiger partial charge on any atom is -0.368 e. The van der Waals surface area contributed by atoms with Crippen LogP contribution in [0.15, 0.2) is 45.9 Å². The molecule has 0 radical (unpaired) electrons. The van der Waals surface area contributed by atoms with Gasteiger partial charge in [-0.3, -0.25) is 19.5 Å². The number of carbonyl (C=O) groups is 1. The second kappa shape index (κ2) is 8.30. The van der Waals surface area contributed by atoms with E-state index in [2.05, 4.69) is 46.0 Å². The highest BCUT2D eigenvalue weighted by Crippen LogP contribution is 2.18. The highest BCUT2D eigenvalue weighted by atomic mass is 79.9. The van der Waals surface area contributed by atoms with Crippen LogP contribution in [0.5, 0.6) is 0 Å². The van der Waals surface area contributed by atoms with E-state index >= 15 is 0 Å². The molecule has 29 heavy (non-hydrogen) atoms. The number of piperazine rings is 1. The van der Waals surface area contributed by atoms with Crippen molar-refractivity contribution in [1.82, 2.24) is 25.2 Å². The molecule has 0 bridgehead atoms. The lowest BCUT2D eigenvalue weighted by Gasteiger charge is -2.36. The van der Waals surface area contributed by atoms with Gasteiger partial charge in [-0.05, 0) is 45.8 Å². The summed E-state index contributed by atoms with van der Waals surface area (Å²) in [5, 5.41) is 2.58. The first-order valence-corrected chi connectivity index (χ1v) is 10.2. The molecule has 1 aliphatic rings. The van der Waals surface area contributed by atoms with Gasteiger partial charge in [0.05, 0.1) is 27.4 Å². The van der Waals surface area contributed by atoms with Crippen LogP contribution in [0.4, 0.5) is 5.69 Å². The summed E-state index contributed by atoms with van der Waals surface area (Å²) in [4.78, 5) is 39.6. The fraction of sp³-hybridized carbons (Fsp3) is 0.300. The van der Waals surface area contributed by atoms with Crippen LogP contribution < -0.4 is 15.8 Å². The van der Waals surface area contributed by atoms with Gasteiger partial charge in [0.25, 0.3) is 11.5 Å². The number of H-pyrrole nitrogens is 1. The number of hydrogen-bond donors (Lipinski definition) is 2. The maximum absolute atomic E-state index is 11.8. The molecular weight excluding hydrogens is 436 g/mol. The summed E-state index contributed by atoms with van der Waals surface area (Å²) in [6, 6.07) is 7.42. The molecule has 1 saturated heterocycles. The molecule has 3 aromatic rings. The minimum atomic E-state index is -0.181. The van der Waals surface area contributed by atoms with Gasteiger partial charge in [0.2, 0.25) is 0 Å². The van der Waals surface area contributed by atoms with Gasteiger partial charge in [-0.15, -0.1) is 0 Å². The molecule has 3 aromatic heterocycles. The zero-order valence-corrected chi connectivity index (χ0v) is 17.6. The first-order valence-electron chi connectivity index (χ1n) is 9.36. The first-order chi connectivity index (χ1) is 14.0. The number of carbonyl (C=O) groups excluding carboxylic acids is 1. The van der Waals surface area contributed by atoms with E-state index in [9.17, 15) is 9.59 Å². The van der Waals surface area contributed by atoms with Crippen LogP contribution >= 0.6 is 15.9 Å². The molecule has 9 heteroatoms. The van der Waals surface area contributed by atoms with Gasteiger partial charge in [-0.1, -0.05) is 0 Å². The Morgan fingerprint density at radius 3 is 2.66 bits per heavy atom. The smallest absolute Gasteiger partial charge is 0.269 e. The second-order valence-electron chi connectivity index (χ2n) is 6.97. The Morgan fingerprint density at radius 1 is 1.17 bits per heavy atom. The van der Waals surface area contributed by atoms with Gasteiger partial charge in [0.1, 0.15) is 5.69 Å². The Labute approximate surface area is 176 Å². The number of aromatic nitrogens is 3. The standard InChI is InChI=1S/C20H21BrN6O2/c1-22-20(29)16-3-2-14(11-24-16)27-6-4-26(5-7-27)12-13-8-18-17(23-10-13)9-15(21)19(28)25-18/h2-3,8-11H,4-7,12H2,1H3,(H,22,29)(H,25,28).